The molecule has 0 bridgehead atoms. The fraction of sp³-hybridized carbons (Fsp3) is 1.00. The number of unbranched alkanes of at least 4 members (excludes halogenated alkanes) is 5. The molecule has 0 saturated heterocycles. The molecule has 0 spiro atoms. The largest absolute Gasteiger partial charge is 0.395 e. The van der Waals surface area contributed by atoms with Crippen molar-refractivity contribution >= 4 is 0 Å². The van der Waals surface area contributed by atoms with Crippen molar-refractivity contribution in [2.45, 2.75) is 58.0 Å². The molecule has 5 nitrogen and oxygen atoms in total. The van der Waals surface area contributed by atoms with Crippen LogP contribution in [-0.4, -0.2) is 72.4 Å². The zero-order valence-electron chi connectivity index (χ0n) is 13.7. The van der Waals surface area contributed by atoms with Crippen molar-refractivity contribution in [3.05, 3.63) is 0 Å². The SMILES string of the molecule is CCCCCCCCOCC(O)CCN(CCO)CCO. The first-order chi connectivity index (χ1) is 10.2. The minimum atomic E-state index is -0.468. The smallest absolute Gasteiger partial charge is 0.0785 e. The monoisotopic (exact) mass is 305 g/mol. The van der Waals surface area contributed by atoms with Gasteiger partial charge in [-0.05, 0) is 12.8 Å². The van der Waals surface area contributed by atoms with Crippen LogP contribution in [0.5, 0.6) is 0 Å². The lowest BCUT2D eigenvalue weighted by molar-refractivity contribution is 0.0239. The molecule has 0 radical (unpaired) electrons. The maximum Gasteiger partial charge on any atom is 0.0785 e. The van der Waals surface area contributed by atoms with E-state index in [2.05, 4.69) is 6.92 Å². The van der Waals surface area contributed by atoms with Crippen molar-refractivity contribution < 1.29 is 20.1 Å². The summed E-state index contributed by atoms with van der Waals surface area (Å²) in [5, 5.41) is 27.6. The predicted molar refractivity (Wildman–Crippen MR) is 85.4 cm³/mol. The second-order valence-electron chi connectivity index (χ2n) is 5.57. The van der Waals surface area contributed by atoms with Crippen molar-refractivity contribution in [1.82, 2.24) is 4.90 Å². The van der Waals surface area contributed by atoms with Gasteiger partial charge in [0, 0.05) is 26.2 Å². The van der Waals surface area contributed by atoms with Gasteiger partial charge in [0.1, 0.15) is 0 Å². The van der Waals surface area contributed by atoms with E-state index in [1.54, 1.807) is 0 Å². The van der Waals surface area contributed by atoms with Crippen LogP contribution < -0.4 is 0 Å². The van der Waals surface area contributed by atoms with Crippen LogP contribution in [0.1, 0.15) is 51.9 Å². The van der Waals surface area contributed by atoms with Gasteiger partial charge in [0.15, 0.2) is 0 Å². The lowest BCUT2D eigenvalue weighted by Crippen LogP contribution is -2.33. The number of hydrogen-bond acceptors (Lipinski definition) is 5. The van der Waals surface area contributed by atoms with Crippen molar-refractivity contribution in [2.75, 3.05) is 46.1 Å². The molecule has 0 amide bonds. The van der Waals surface area contributed by atoms with Crippen LogP contribution in [0.2, 0.25) is 0 Å². The van der Waals surface area contributed by atoms with Gasteiger partial charge < -0.3 is 20.1 Å². The molecule has 0 aromatic heterocycles. The fourth-order valence-corrected chi connectivity index (χ4v) is 2.24. The molecule has 0 rings (SSSR count). The lowest BCUT2D eigenvalue weighted by atomic mass is 10.1. The molecule has 0 aliphatic heterocycles. The maximum absolute atomic E-state index is 9.83. The quantitative estimate of drug-likeness (QED) is 0.376. The molecule has 0 aliphatic carbocycles. The second-order valence-corrected chi connectivity index (χ2v) is 5.57. The van der Waals surface area contributed by atoms with Crippen LogP contribution in [0.3, 0.4) is 0 Å². The highest BCUT2D eigenvalue weighted by atomic mass is 16.5. The minimum absolute atomic E-state index is 0.0740. The summed E-state index contributed by atoms with van der Waals surface area (Å²) in [6, 6.07) is 0. The van der Waals surface area contributed by atoms with Gasteiger partial charge >= 0.3 is 0 Å². The van der Waals surface area contributed by atoms with Gasteiger partial charge in [-0.15, -0.1) is 0 Å². The van der Waals surface area contributed by atoms with E-state index in [0.29, 0.717) is 32.7 Å². The number of ether oxygens (including phenoxy) is 1. The Hall–Kier alpha value is -0.200. The molecule has 0 saturated carbocycles. The molecule has 0 aromatic rings. The number of aliphatic hydroxyl groups is 3. The molecule has 0 aromatic carbocycles. The Morgan fingerprint density at radius 1 is 0.905 bits per heavy atom. The van der Waals surface area contributed by atoms with E-state index in [1.807, 2.05) is 4.90 Å². The summed E-state index contributed by atoms with van der Waals surface area (Å²) in [7, 11) is 0. The minimum Gasteiger partial charge on any atom is -0.395 e. The summed E-state index contributed by atoms with van der Waals surface area (Å²) in [6.45, 7) is 5.20. The molecule has 0 heterocycles. The van der Waals surface area contributed by atoms with E-state index < -0.39 is 6.10 Å². The van der Waals surface area contributed by atoms with Crippen LogP contribution in [0.25, 0.3) is 0 Å². The van der Waals surface area contributed by atoms with Crippen molar-refractivity contribution in [2.24, 2.45) is 0 Å². The molecule has 5 heteroatoms. The van der Waals surface area contributed by atoms with Crippen LogP contribution in [0, 0.1) is 0 Å². The zero-order chi connectivity index (χ0) is 15.8. The number of aliphatic hydroxyl groups excluding tert-OH is 3. The Kier molecular flexibility index (Phi) is 16.0. The third-order valence-electron chi connectivity index (χ3n) is 3.56. The first-order valence-corrected chi connectivity index (χ1v) is 8.44. The number of rotatable bonds is 16. The first kappa shape index (κ1) is 20.8. The molecular formula is C16H35NO4. The molecule has 21 heavy (non-hydrogen) atoms. The Bertz CT molecular complexity index is 199. The third-order valence-corrected chi connectivity index (χ3v) is 3.56. The molecule has 0 aliphatic rings. The number of nitrogens with zero attached hydrogens (tertiary/aromatic N) is 1. The topological polar surface area (TPSA) is 73.2 Å². The van der Waals surface area contributed by atoms with Crippen LogP contribution in [0.4, 0.5) is 0 Å². The van der Waals surface area contributed by atoms with Crippen molar-refractivity contribution in [3.63, 3.8) is 0 Å². The average Bonchev–Trinajstić information content (AvgIpc) is 2.48. The molecule has 3 N–H and O–H groups in total. The lowest BCUT2D eigenvalue weighted by Gasteiger charge is -2.21. The highest BCUT2D eigenvalue weighted by Gasteiger charge is 2.08. The highest BCUT2D eigenvalue weighted by Crippen LogP contribution is 2.05. The maximum atomic E-state index is 9.83. The van der Waals surface area contributed by atoms with E-state index in [-0.39, 0.29) is 13.2 Å². The van der Waals surface area contributed by atoms with Crippen molar-refractivity contribution in [3.8, 4) is 0 Å². The van der Waals surface area contributed by atoms with E-state index in [4.69, 9.17) is 14.9 Å². The summed E-state index contributed by atoms with van der Waals surface area (Å²) in [5.41, 5.74) is 0. The molecular weight excluding hydrogens is 270 g/mol. The first-order valence-electron chi connectivity index (χ1n) is 8.44. The van der Waals surface area contributed by atoms with Crippen LogP contribution >= 0.6 is 0 Å². The van der Waals surface area contributed by atoms with Crippen molar-refractivity contribution in [1.29, 1.82) is 0 Å². The fourth-order valence-electron chi connectivity index (χ4n) is 2.24. The van der Waals surface area contributed by atoms with Gasteiger partial charge in [-0.2, -0.15) is 0 Å². The normalized spacial score (nSPS) is 13.0. The van der Waals surface area contributed by atoms with Crippen LogP contribution in [0.15, 0.2) is 0 Å². The van der Waals surface area contributed by atoms with E-state index in [0.717, 1.165) is 13.0 Å². The standard InChI is InChI=1S/C16H35NO4/c1-2-3-4-5-6-7-14-21-15-16(20)8-9-17(10-12-18)11-13-19/h16,18-20H,2-15H2,1H3. The average molecular weight is 305 g/mol. The molecule has 128 valence electrons. The summed E-state index contributed by atoms with van der Waals surface area (Å²) in [5.74, 6) is 0. The Balaban J connectivity index is 3.42. The Morgan fingerprint density at radius 2 is 1.52 bits per heavy atom. The van der Waals surface area contributed by atoms with Crippen LogP contribution in [-0.2, 0) is 4.74 Å². The predicted octanol–water partition coefficient (Wildman–Crippen LogP) is 1.40. The van der Waals surface area contributed by atoms with Gasteiger partial charge in [-0.3, -0.25) is 4.90 Å². The van der Waals surface area contributed by atoms with Gasteiger partial charge in [-0.25, -0.2) is 0 Å². The summed E-state index contributed by atoms with van der Waals surface area (Å²) < 4.78 is 5.49. The Morgan fingerprint density at radius 3 is 2.14 bits per heavy atom. The summed E-state index contributed by atoms with van der Waals surface area (Å²) in [6.07, 6.45) is 7.58. The molecule has 1 unspecified atom stereocenters. The van der Waals surface area contributed by atoms with Gasteiger partial charge in [-0.1, -0.05) is 39.0 Å². The van der Waals surface area contributed by atoms with Gasteiger partial charge in [0.25, 0.3) is 0 Å². The summed E-state index contributed by atoms with van der Waals surface area (Å²) >= 11 is 0. The summed E-state index contributed by atoms with van der Waals surface area (Å²) in [4.78, 5) is 1.94. The zero-order valence-corrected chi connectivity index (χ0v) is 13.7. The Labute approximate surface area is 129 Å². The van der Waals surface area contributed by atoms with E-state index in [1.165, 1.54) is 32.1 Å². The van der Waals surface area contributed by atoms with Gasteiger partial charge in [0.05, 0.1) is 25.9 Å². The van der Waals surface area contributed by atoms with Gasteiger partial charge in [0.2, 0.25) is 0 Å². The number of hydrogen-bond donors (Lipinski definition) is 3. The van der Waals surface area contributed by atoms with E-state index >= 15 is 0 Å². The molecule has 0 fully saturated rings. The molecule has 1 atom stereocenters. The van der Waals surface area contributed by atoms with E-state index in [9.17, 15) is 5.11 Å². The second kappa shape index (κ2) is 16.2. The highest BCUT2D eigenvalue weighted by molar-refractivity contribution is 4.62. The third kappa shape index (κ3) is 14.5.